The van der Waals surface area contributed by atoms with Gasteiger partial charge in [-0.1, -0.05) is 30.3 Å². The smallest absolute Gasteiger partial charge is 0.407 e. The van der Waals surface area contributed by atoms with Crippen LogP contribution in [0.25, 0.3) is 11.3 Å². The minimum absolute atomic E-state index is 0.0216. The molecule has 10 heteroatoms. The van der Waals surface area contributed by atoms with Crippen LogP contribution in [0.2, 0.25) is 0 Å². The zero-order valence-corrected chi connectivity index (χ0v) is 20.2. The van der Waals surface area contributed by atoms with Gasteiger partial charge in [0.1, 0.15) is 13.2 Å². The van der Waals surface area contributed by atoms with Gasteiger partial charge >= 0.3 is 12.2 Å². The molecule has 0 aliphatic heterocycles. The molecular weight excluding hydrogens is 458 g/mol. The van der Waals surface area contributed by atoms with Gasteiger partial charge in [0.05, 0.1) is 15.5 Å². The van der Waals surface area contributed by atoms with Gasteiger partial charge < -0.3 is 24.7 Å². The molecule has 2 amide bonds. The lowest BCUT2D eigenvalue weighted by atomic mass is 10.0. The summed E-state index contributed by atoms with van der Waals surface area (Å²) >= 11 is 0. The molecule has 0 saturated heterocycles. The van der Waals surface area contributed by atoms with Crippen molar-refractivity contribution in [3.05, 3.63) is 71.4 Å². The number of aromatic nitrogens is 1. The van der Waals surface area contributed by atoms with E-state index in [1.165, 1.54) is 14.1 Å². The number of hydrogen-bond donors (Lipinski definition) is 2. The predicted molar refractivity (Wildman–Crippen MR) is 126 cm³/mol. The quantitative estimate of drug-likeness (QED) is 0.529. The Morgan fingerprint density at radius 2 is 1.32 bits per heavy atom. The van der Waals surface area contributed by atoms with Crippen LogP contribution in [0, 0.1) is 6.92 Å². The molecule has 1 aromatic heterocycles. The van der Waals surface area contributed by atoms with Crippen molar-refractivity contribution >= 4 is 22.0 Å². The Balaban J connectivity index is 2.03. The minimum Gasteiger partial charge on any atom is -0.445 e. The predicted octanol–water partition coefficient (Wildman–Crippen LogP) is 3.55. The molecule has 1 heterocycles. The van der Waals surface area contributed by atoms with Crippen LogP contribution in [0.3, 0.4) is 0 Å². The Morgan fingerprint density at radius 3 is 1.85 bits per heavy atom. The number of nitrogens with zero attached hydrogens (tertiary/aromatic N) is 1. The fourth-order valence-corrected chi connectivity index (χ4v) is 4.88. The van der Waals surface area contributed by atoms with E-state index in [1.54, 1.807) is 54.6 Å². The first-order valence-corrected chi connectivity index (χ1v) is 12.0. The number of rotatable bonds is 7. The standard InChI is InChI=1S/C24H27N3O6S/c1-16-20(14-32-23(28)25-2)21(15-33-24(29)26-3)22(27(16)4)17-10-12-19(13-11-17)34(30,31)18-8-6-5-7-9-18/h5-13H,14-15H2,1-4H3,(H,25,28)(H,26,29). The first kappa shape index (κ1) is 24.8. The molecule has 0 radical (unpaired) electrons. The van der Waals surface area contributed by atoms with Crippen LogP contribution < -0.4 is 10.6 Å². The van der Waals surface area contributed by atoms with Crippen molar-refractivity contribution in [1.29, 1.82) is 0 Å². The van der Waals surface area contributed by atoms with E-state index in [4.69, 9.17) is 9.47 Å². The fraction of sp³-hybridized carbons (Fsp3) is 0.250. The molecule has 3 rings (SSSR count). The van der Waals surface area contributed by atoms with Crippen LogP contribution in [0.5, 0.6) is 0 Å². The third-order valence-corrected chi connectivity index (χ3v) is 7.31. The second-order valence-corrected chi connectivity index (χ2v) is 9.39. The highest BCUT2D eigenvalue weighted by Gasteiger charge is 2.23. The van der Waals surface area contributed by atoms with Crippen molar-refractivity contribution in [2.45, 2.75) is 29.9 Å². The number of sulfone groups is 1. The lowest BCUT2D eigenvalue weighted by molar-refractivity contribution is 0.134. The van der Waals surface area contributed by atoms with E-state index in [-0.39, 0.29) is 23.0 Å². The van der Waals surface area contributed by atoms with Gasteiger partial charge in [-0.25, -0.2) is 18.0 Å². The first-order chi connectivity index (χ1) is 16.2. The molecule has 2 N–H and O–H groups in total. The molecule has 0 atom stereocenters. The molecule has 0 aliphatic carbocycles. The highest BCUT2D eigenvalue weighted by Crippen LogP contribution is 2.33. The molecule has 2 aromatic carbocycles. The van der Waals surface area contributed by atoms with Crippen molar-refractivity contribution in [2.75, 3.05) is 14.1 Å². The maximum Gasteiger partial charge on any atom is 0.407 e. The van der Waals surface area contributed by atoms with E-state index in [2.05, 4.69) is 10.6 Å². The Bertz CT molecular complexity index is 1280. The van der Waals surface area contributed by atoms with Gasteiger partial charge in [-0.15, -0.1) is 0 Å². The maximum atomic E-state index is 12.9. The van der Waals surface area contributed by atoms with Gasteiger partial charge in [-0.05, 0) is 36.8 Å². The molecule has 0 spiro atoms. The normalized spacial score (nSPS) is 11.1. The summed E-state index contributed by atoms with van der Waals surface area (Å²) in [7, 11) is 1.11. The highest BCUT2D eigenvalue weighted by molar-refractivity contribution is 7.91. The zero-order valence-electron chi connectivity index (χ0n) is 19.4. The van der Waals surface area contributed by atoms with Crippen LogP contribution in [0.4, 0.5) is 9.59 Å². The van der Waals surface area contributed by atoms with Crippen molar-refractivity contribution in [3.63, 3.8) is 0 Å². The minimum atomic E-state index is -3.66. The van der Waals surface area contributed by atoms with E-state index >= 15 is 0 Å². The number of hydrogen-bond acceptors (Lipinski definition) is 6. The summed E-state index contributed by atoms with van der Waals surface area (Å²) in [5.41, 5.74) is 3.62. The van der Waals surface area contributed by atoms with E-state index in [9.17, 15) is 18.0 Å². The summed E-state index contributed by atoms with van der Waals surface area (Å²) in [5.74, 6) is 0. The third-order valence-electron chi connectivity index (χ3n) is 5.52. The number of carbonyl (C=O) groups excluding carboxylic acids is 2. The number of alkyl carbamates (subject to hydrolysis) is 2. The number of carbonyl (C=O) groups is 2. The van der Waals surface area contributed by atoms with Crippen molar-refractivity contribution in [2.24, 2.45) is 7.05 Å². The van der Waals surface area contributed by atoms with Crippen molar-refractivity contribution in [1.82, 2.24) is 15.2 Å². The number of ether oxygens (including phenoxy) is 2. The SMILES string of the molecule is CNC(=O)OCc1c(COC(=O)NC)c(-c2ccc(S(=O)(=O)c3ccccc3)cc2)n(C)c1C. The molecular formula is C24H27N3O6S. The topological polar surface area (TPSA) is 116 Å². The van der Waals surface area contributed by atoms with Crippen LogP contribution in [0.15, 0.2) is 64.4 Å². The summed E-state index contributed by atoms with van der Waals surface area (Å²) in [6.45, 7) is 1.78. The molecule has 0 unspecified atom stereocenters. The highest BCUT2D eigenvalue weighted by atomic mass is 32.2. The van der Waals surface area contributed by atoms with Crippen LogP contribution in [-0.2, 0) is 39.6 Å². The number of amides is 2. The Kier molecular flexibility index (Phi) is 7.62. The zero-order chi connectivity index (χ0) is 24.9. The van der Waals surface area contributed by atoms with Gasteiger partial charge in [0, 0.05) is 38.0 Å². The maximum absolute atomic E-state index is 12.9. The molecule has 0 aliphatic rings. The van der Waals surface area contributed by atoms with Gasteiger partial charge in [0.15, 0.2) is 0 Å². The summed E-state index contributed by atoms with van der Waals surface area (Å²) in [5, 5.41) is 4.80. The molecule has 3 aromatic rings. The van der Waals surface area contributed by atoms with Crippen molar-refractivity contribution < 1.29 is 27.5 Å². The molecule has 34 heavy (non-hydrogen) atoms. The molecule has 9 nitrogen and oxygen atoms in total. The Morgan fingerprint density at radius 1 is 0.824 bits per heavy atom. The van der Waals surface area contributed by atoms with Gasteiger partial charge in [0.25, 0.3) is 0 Å². The van der Waals surface area contributed by atoms with Gasteiger partial charge in [-0.2, -0.15) is 0 Å². The molecule has 0 bridgehead atoms. The third kappa shape index (κ3) is 5.07. The fourth-order valence-electron chi connectivity index (χ4n) is 3.60. The largest absolute Gasteiger partial charge is 0.445 e. The second kappa shape index (κ2) is 10.4. The summed E-state index contributed by atoms with van der Waals surface area (Å²) in [4.78, 5) is 23.8. The van der Waals surface area contributed by atoms with Crippen LogP contribution in [0.1, 0.15) is 16.8 Å². The first-order valence-electron chi connectivity index (χ1n) is 10.5. The van der Waals surface area contributed by atoms with Gasteiger partial charge in [0.2, 0.25) is 9.84 Å². The summed E-state index contributed by atoms with van der Waals surface area (Å²) in [6, 6.07) is 14.7. The molecule has 180 valence electrons. The van der Waals surface area contributed by atoms with Crippen LogP contribution >= 0.6 is 0 Å². The summed E-state index contributed by atoms with van der Waals surface area (Å²) < 4.78 is 38.3. The Hall–Kier alpha value is -3.79. The van der Waals surface area contributed by atoms with Crippen molar-refractivity contribution in [3.8, 4) is 11.3 Å². The van der Waals surface area contributed by atoms with E-state index < -0.39 is 22.0 Å². The molecule has 0 fully saturated rings. The van der Waals surface area contributed by atoms with E-state index in [0.717, 1.165) is 17.0 Å². The second-order valence-electron chi connectivity index (χ2n) is 7.44. The Labute approximate surface area is 198 Å². The number of benzene rings is 2. The lowest BCUT2D eigenvalue weighted by Crippen LogP contribution is -2.20. The molecule has 0 saturated carbocycles. The summed E-state index contributed by atoms with van der Waals surface area (Å²) in [6.07, 6.45) is -1.19. The van der Waals surface area contributed by atoms with E-state index in [0.29, 0.717) is 11.1 Å². The lowest BCUT2D eigenvalue weighted by Gasteiger charge is -2.12. The monoisotopic (exact) mass is 485 g/mol. The number of nitrogens with one attached hydrogen (secondary N) is 2. The van der Waals surface area contributed by atoms with Gasteiger partial charge in [-0.3, -0.25) is 0 Å². The average molecular weight is 486 g/mol. The van der Waals surface area contributed by atoms with E-state index in [1.807, 2.05) is 18.5 Å². The van der Waals surface area contributed by atoms with Crippen LogP contribution in [-0.4, -0.2) is 39.3 Å². The average Bonchev–Trinajstić information content (AvgIpc) is 3.10.